The van der Waals surface area contributed by atoms with Gasteiger partial charge < -0.3 is 14.8 Å². The van der Waals surface area contributed by atoms with Gasteiger partial charge in [0.15, 0.2) is 0 Å². The fourth-order valence-electron chi connectivity index (χ4n) is 2.41. The van der Waals surface area contributed by atoms with Crippen LogP contribution in [0.1, 0.15) is 38.2 Å². The lowest BCUT2D eigenvalue weighted by Gasteiger charge is -2.17. The van der Waals surface area contributed by atoms with Gasteiger partial charge in [0.2, 0.25) is 0 Å². The molecule has 0 aliphatic heterocycles. The van der Waals surface area contributed by atoms with E-state index in [0.29, 0.717) is 19.0 Å². The number of esters is 1. The molecule has 1 unspecified atom stereocenters. The molecule has 1 heterocycles. The Morgan fingerprint density at radius 2 is 2.00 bits per heavy atom. The third-order valence-electron chi connectivity index (χ3n) is 3.78. The molecule has 0 fully saturated rings. The zero-order valence-electron chi connectivity index (χ0n) is 14.6. The second-order valence-corrected chi connectivity index (χ2v) is 6.29. The van der Waals surface area contributed by atoms with E-state index in [-0.39, 0.29) is 11.9 Å². The van der Waals surface area contributed by atoms with E-state index in [0.717, 1.165) is 27.8 Å². The minimum Gasteiger partial charge on any atom is -0.469 e. The van der Waals surface area contributed by atoms with Crippen molar-refractivity contribution in [3.8, 4) is 6.01 Å². The van der Waals surface area contributed by atoms with Crippen LogP contribution >= 0.6 is 15.9 Å². The number of carbonyl (C=O) groups is 1. The van der Waals surface area contributed by atoms with Crippen LogP contribution in [0.2, 0.25) is 0 Å². The van der Waals surface area contributed by atoms with E-state index in [1.807, 2.05) is 25.1 Å². The predicted octanol–water partition coefficient (Wildman–Crippen LogP) is 4.44. The number of nitrogens with one attached hydrogen (secondary N) is 1. The van der Waals surface area contributed by atoms with Gasteiger partial charge in [-0.25, -0.2) is 9.97 Å². The van der Waals surface area contributed by atoms with Crippen molar-refractivity contribution >= 4 is 33.3 Å². The second kappa shape index (κ2) is 9.36. The summed E-state index contributed by atoms with van der Waals surface area (Å²) >= 11 is 3.54. The lowest BCUT2D eigenvalue weighted by molar-refractivity contribution is -0.141. The molecule has 134 valence electrons. The molecule has 25 heavy (non-hydrogen) atoms. The first kappa shape index (κ1) is 19.2. The second-order valence-electron chi connectivity index (χ2n) is 5.44. The van der Waals surface area contributed by atoms with Crippen molar-refractivity contribution in [2.75, 3.05) is 19.0 Å². The number of hydrogen-bond donors (Lipinski definition) is 1. The van der Waals surface area contributed by atoms with Crippen molar-refractivity contribution in [2.24, 2.45) is 0 Å². The molecule has 0 amide bonds. The molecular weight excluding hydrogens is 386 g/mol. The number of carbonyl (C=O) groups excluding carboxylic acids is 1. The first-order valence-electron chi connectivity index (χ1n) is 8.15. The number of anilines is 2. The van der Waals surface area contributed by atoms with Crippen molar-refractivity contribution in [2.45, 2.75) is 32.6 Å². The van der Waals surface area contributed by atoms with Crippen molar-refractivity contribution in [3.63, 3.8) is 0 Å². The standard InChI is InChI=1S/C18H22BrN3O3/c1-4-12(9-17(23)24-3)13-6-7-15(19)16(8-13)22-14-10-20-18(21-11-14)25-5-2/h6-8,10-12,22H,4-5,9H2,1-3H3. The molecule has 6 nitrogen and oxygen atoms in total. The molecule has 1 aromatic carbocycles. The Hall–Kier alpha value is -2.15. The molecule has 0 saturated carbocycles. The zero-order valence-corrected chi connectivity index (χ0v) is 16.2. The molecule has 1 atom stereocenters. The van der Waals surface area contributed by atoms with Gasteiger partial charge in [0.05, 0.1) is 43.9 Å². The normalized spacial score (nSPS) is 11.7. The maximum Gasteiger partial charge on any atom is 0.316 e. The minimum absolute atomic E-state index is 0.109. The van der Waals surface area contributed by atoms with Crippen molar-refractivity contribution in [1.82, 2.24) is 9.97 Å². The maximum absolute atomic E-state index is 11.6. The average Bonchev–Trinajstić information content (AvgIpc) is 2.63. The summed E-state index contributed by atoms with van der Waals surface area (Å²) in [6.07, 6.45) is 4.55. The highest BCUT2D eigenvalue weighted by atomic mass is 79.9. The summed E-state index contributed by atoms with van der Waals surface area (Å²) in [6.45, 7) is 4.47. The smallest absolute Gasteiger partial charge is 0.316 e. The predicted molar refractivity (Wildman–Crippen MR) is 100 cm³/mol. The lowest BCUT2D eigenvalue weighted by atomic mass is 9.93. The Balaban J connectivity index is 2.18. The lowest BCUT2D eigenvalue weighted by Crippen LogP contribution is -2.08. The van der Waals surface area contributed by atoms with Crippen LogP contribution in [0.3, 0.4) is 0 Å². The van der Waals surface area contributed by atoms with Crippen LogP contribution < -0.4 is 10.1 Å². The van der Waals surface area contributed by atoms with Crippen LogP contribution in [0, 0.1) is 0 Å². The van der Waals surface area contributed by atoms with E-state index in [2.05, 4.69) is 38.1 Å². The molecule has 0 radical (unpaired) electrons. The number of benzene rings is 1. The van der Waals surface area contributed by atoms with E-state index in [1.165, 1.54) is 7.11 Å². The van der Waals surface area contributed by atoms with Crippen LogP contribution in [-0.4, -0.2) is 29.7 Å². The number of ether oxygens (including phenoxy) is 2. The molecule has 0 bridgehead atoms. The van der Waals surface area contributed by atoms with Crippen molar-refractivity contribution in [1.29, 1.82) is 0 Å². The van der Waals surface area contributed by atoms with Gasteiger partial charge in [-0.05, 0) is 52.9 Å². The summed E-state index contributed by atoms with van der Waals surface area (Å²) in [5, 5.41) is 3.28. The van der Waals surface area contributed by atoms with Crippen molar-refractivity contribution in [3.05, 3.63) is 40.6 Å². The third-order valence-corrected chi connectivity index (χ3v) is 4.47. The Kier molecular flexibility index (Phi) is 7.18. The topological polar surface area (TPSA) is 73.3 Å². The molecule has 0 aliphatic carbocycles. The summed E-state index contributed by atoms with van der Waals surface area (Å²) in [6, 6.07) is 6.36. The molecule has 0 aliphatic rings. The SMILES string of the molecule is CCOc1ncc(Nc2cc(C(CC)CC(=O)OC)ccc2Br)cn1. The van der Waals surface area contributed by atoms with E-state index in [9.17, 15) is 4.79 Å². The van der Waals surface area contributed by atoms with E-state index in [1.54, 1.807) is 12.4 Å². The van der Waals surface area contributed by atoms with Crippen molar-refractivity contribution < 1.29 is 14.3 Å². The number of nitrogens with zero attached hydrogens (tertiary/aromatic N) is 2. The number of rotatable bonds is 8. The Labute approximate surface area is 156 Å². The van der Waals surface area contributed by atoms with E-state index < -0.39 is 0 Å². The van der Waals surface area contributed by atoms with Gasteiger partial charge in [-0.15, -0.1) is 0 Å². The van der Waals surface area contributed by atoms with E-state index >= 15 is 0 Å². The molecule has 2 rings (SSSR count). The largest absolute Gasteiger partial charge is 0.469 e. The maximum atomic E-state index is 11.6. The van der Waals surface area contributed by atoms with Gasteiger partial charge in [-0.3, -0.25) is 4.79 Å². The van der Waals surface area contributed by atoms with Crippen LogP contribution in [0.4, 0.5) is 11.4 Å². The highest BCUT2D eigenvalue weighted by Gasteiger charge is 2.16. The monoisotopic (exact) mass is 407 g/mol. The number of hydrogen-bond acceptors (Lipinski definition) is 6. The Morgan fingerprint density at radius 1 is 1.28 bits per heavy atom. The molecule has 1 N–H and O–H groups in total. The summed E-state index contributed by atoms with van der Waals surface area (Å²) in [4.78, 5) is 19.9. The van der Waals surface area contributed by atoms with Gasteiger partial charge in [0.1, 0.15) is 0 Å². The van der Waals surface area contributed by atoms with Crippen LogP contribution in [0.5, 0.6) is 6.01 Å². The van der Waals surface area contributed by atoms with Crippen LogP contribution in [0.15, 0.2) is 35.1 Å². The van der Waals surface area contributed by atoms with E-state index in [4.69, 9.17) is 9.47 Å². The summed E-state index contributed by atoms with van der Waals surface area (Å²) in [5.41, 5.74) is 2.71. The number of halogens is 1. The Bertz CT molecular complexity index is 707. The van der Waals surface area contributed by atoms with Gasteiger partial charge >= 0.3 is 12.0 Å². The Morgan fingerprint density at radius 3 is 2.60 bits per heavy atom. The van der Waals surface area contributed by atoms with Crippen LogP contribution in [-0.2, 0) is 9.53 Å². The van der Waals surface area contributed by atoms with Gasteiger partial charge in [0, 0.05) is 4.47 Å². The molecule has 0 saturated heterocycles. The third kappa shape index (κ3) is 5.42. The summed E-state index contributed by atoms with van der Waals surface area (Å²) in [7, 11) is 1.41. The fourth-order valence-corrected chi connectivity index (χ4v) is 2.76. The van der Waals surface area contributed by atoms with Crippen LogP contribution in [0.25, 0.3) is 0 Å². The highest BCUT2D eigenvalue weighted by Crippen LogP contribution is 2.32. The number of methoxy groups -OCH3 is 1. The average molecular weight is 408 g/mol. The molecule has 1 aromatic heterocycles. The van der Waals surface area contributed by atoms with Gasteiger partial charge in [-0.2, -0.15) is 0 Å². The van der Waals surface area contributed by atoms with Gasteiger partial charge in [-0.1, -0.05) is 13.0 Å². The molecule has 0 spiro atoms. The summed E-state index contributed by atoms with van der Waals surface area (Å²) < 4.78 is 11.0. The fraction of sp³-hybridized carbons (Fsp3) is 0.389. The number of aromatic nitrogens is 2. The zero-order chi connectivity index (χ0) is 18.2. The van der Waals surface area contributed by atoms with Gasteiger partial charge in [0.25, 0.3) is 0 Å². The molecule has 2 aromatic rings. The molecular formula is C18H22BrN3O3. The molecule has 7 heteroatoms. The minimum atomic E-state index is -0.204. The summed E-state index contributed by atoms with van der Waals surface area (Å²) in [5.74, 6) is -0.0955. The first-order valence-corrected chi connectivity index (χ1v) is 8.94. The quantitative estimate of drug-likeness (QED) is 0.652. The first-order chi connectivity index (χ1) is 12.1. The highest BCUT2D eigenvalue weighted by molar-refractivity contribution is 9.10.